The van der Waals surface area contributed by atoms with Gasteiger partial charge in [-0.2, -0.15) is 0 Å². The Hall–Kier alpha value is -1.92. The third-order valence-electron chi connectivity index (χ3n) is 4.77. The molecule has 1 aromatic carbocycles. The fourth-order valence-corrected chi connectivity index (χ4v) is 4.39. The highest BCUT2D eigenvalue weighted by Crippen LogP contribution is 2.13. The van der Waals surface area contributed by atoms with E-state index in [-0.39, 0.29) is 5.91 Å². The van der Waals surface area contributed by atoms with Gasteiger partial charge in [-0.3, -0.25) is 9.00 Å². The highest BCUT2D eigenvalue weighted by Gasteiger charge is 2.14. The molecular weight excluding hydrogens is 360 g/mol. The number of likely N-dealkylation sites (tertiary alicyclic amines) is 1. The third kappa shape index (κ3) is 6.33. The molecule has 146 valence electrons. The van der Waals surface area contributed by atoms with Crippen LogP contribution in [0.15, 0.2) is 40.8 Å². The summed E-state index contributed by atoms with van der Waals surface area (Å²) in [7, 11) is -1.07. The lowest BCUT2D eigenvalue weighted by Gasteiger charge is -2.13. The second-order valence-electron chi connectivity index (χ2n) is 7.14. The number of carbonyl (C=O) groups is 1. The van der Waals surface area contributed by atoms with E-state index in [0.717, 1.165) is 18.5 Å². The lowest BCUT2D eigenvalue weighted by Crippen LogP contribution is -2.28. The van der Waals surface area contributed by atoms with Crippen LogP contribution in [0.5, 0.6) is 0 Å². The lowest BCUT2D eigenvalue weighted by molar-refractivity contribution is 0.0923. The van der Waals surface area contributed by atoms with Gasteiger partial charge in [-0.1, -0.05) is 29.8 Å². The number of aryl methyl sites for hydroxylation is 1. The number of benzene rings is 1. The van der Waals surface area contributed by atoms with Crippen LogP contribution in [0.2, 0.25) is 0 Å². The largest absolute Gasteiger partial charge is 0.455 e. The van der Waals surface area contributed by atoms with Crippen molar-refractivity contribution in [1.29, 1.82) is 0 Å². The molecule has 1 atom stereocenters. The average molecular weight is 389 g/mol. The van der Waals surface area contributed by atoms with Crippen LogP contribution in [0, 0.1) is 6.92 Å². The molecule has 1 N–H and O–H groups in total. The summed E-state index contributed by atoms with van der Waals surface area (Å²) >= 11 is 0. The molecule has 1 aliphatic rings. The van der Waals surface area contributed by atoms with Crippen LogP contribution >= 0.6 is 0 Å². The molecule has 1 amide bonds. The minimum atomic E-state index is -1.07. The number of nitrogens with one attached hydrogen (secondary N) is 1. The summed E-state index contributed by atoms with van der Waals surface area (Å²) in [6.07, 6.45) is 3.51. The van der Waals surface area contributed by atoms with Gasteiger partial charge in [-0.05, 0) is 63.5 Å². The molecule has 2 heterocycles. The van der Waals surface area contributed by atoms with Crippen LogP contribution in [-0.2, 0) is 22.3 Å². The number of rotatable bonds is 9. The summed E-state index contributed by atoms with van der Waals surface area (Å²) in [5, 5.41) is 2.90. The van der Waals surface area contributed by atoms with Crippen molar-refractivity contribution >= 4 is 16.7 Å². The van der Waals surface area contributed by atoms with Gasteiger partial charge in [0.15, 0.2) is 5.76 Å². The van der Waals surface area contributed by atoms with Crippen molar-refractivity contribution < 1.29 is 13.4 Å². The molecule has 0 spiro atoms. The molecule has 0 radical (unpaired) electrons. The molecule has 2 aromatic rings. The number of nitrogens with zero attached hydrogens (tertiary/aromatic N) is 1. The molecule has 3 rings (SSSR count). The van der Waals surface area contributed by atoms with E-state index < -0.39 is 10.8 Å². The molecule has 1 aliphatic heterocycles. The van der Waals surface area contributed by atoms with Crippen LogP contribution in [0.25, 0.3) is 0 Å². The van der Waals surface area contributed by atoms with Crippen molar-refractivity contribution in [2.75, 3.05) is 26.2 Å². The van der Waals surface area contributed by atoms with Crippen molar-refractivity contribution in [3.63, 3.8) is 0 Å². The van der Waals surface area contributed by atoms with Crippen molar-refractivity contribution in [3.8, 4) is 0 Å². The topological polar surface area (TPSA) is 62.6 Å². The summed E-state index contributed by atoms with van der Waals surface area (Å²) in [5.41, 5.74) is 2.23. The Morgan fingerprint density at radius 1 is 1.11 bits per heavy atom. The van der Waals surface area contributed by atoms with E-state index in [1.807, 2.05) is 31.2 Å². The molecule has 6 heteroatoms. The van der Waals surface area contributed by atoms with Gasteiger partial charge in [0.2, 0.25) is 0 Å². The monoisotopic (exact) mass is 388 g/mol. The van der Waals surface area contributed by atoms with Crippen molar-refractivity contribution in [3.05, 3.63) is 59.0 Å². The molecular formula is C21H28N2O3S. The predicted molar refractivity (Wildman–Crippen MR) is 108 cm³/mol. The second kappa shape index (κ2) is 9.85. The molecule has 0 bridgehead atoms. The smallest absolute Gasteiger partial charge is 0.286 e. The van der Waals surface area contributed by atoms with E-state index in [4.69, 9.17) is 4.42 Å². The first-order valence-corrected chi connectivity index (χ1v) is 11.1. The Bertz CT molecular complexity index is 764. The van der Waals surface area contributed by atoms with Gasteiger partial charge in [0.25, 0.3) is 5.91 Å². The second-order valence-corrected chi connectivity index (χ2v) is 8.60. The predicted octanol–water partition coefficient (Wildman–Crippen LogP) is 3.25. The van der Waals surface area contributed by atoms with Crippen LogP contribution in [0.3, 0.4) is 0 Å². The Kier molecular flexibility index (Phi) is 7.24. The Morgan fingerprint density at radius 3 is 2.59 bits per heavy atom. The van der Waals surface area contributed by atoms with E-state index in [1.165, 1.54) is 31.5 Å². The Balaban J connectivity index is 1.40. The summed E-state index contributed by atoms with van der Waals surface area (Å²) in [5.74, 6) is 1.47. The van der Waals surface area contributed by atoms with Gasteiger partial charge in [-0.15, -0.1) is 0 Å². The normalized spacial score (nSPS) is 15.7. The standard InChI is InChI=1S/C21H28N2O3S/c1-17-5-7-18(8-6-17)15-27(25)16-19-9-10-20(26-19)21(24)22-11-4-14-23-12-2-3-13-23/h5-10H,2-4,11-16H2,1H3,(H,22,24)/t27-/m1/s1. The van der Waals surface area contributed by atoms with E-state index in [0.29, 0.717) is 29.6 Å². The summed E-state index contributed by atoms with van der Waals surface area (Å²) in [6, 6.07) is 11.4. The maximum absolute atomic E-state index is 12.3. The van der Waals surface area contributed by atoms with Gasteiger partial charge < -0.3 is 14.6 Å². The minimum absolute atomic E-state index is 0.202. The number of amides is 1. The number of hydrogen-bond donors (Lipinski definition) is 1. The number of furan rings is 1. The molecule has 1 aromatic heterocycles. The minimum Gasteiger partial charge on any atom is -0.455 e. The van der Waals surface area contributed by atoms with Gasteiger partial charge in [-0.25, -0.2) is 0 Å². The SMILES string of the molecule is Cc1ccc(C[S@@](=O)Cc2ccc(C(=O)NCCCN3CCCC3)o2)cc1. The molecule has 5 nitrogen and oxygen atoms in total. The Morgan fingerprint density at radius 2 is 1.85 bits per heavy atom. The Labute approximate surface area is 163 Å². The zero-order valence-corrected chi connectivity index (χ0v) is 16.7. The third-order valence-corrected chi connectivity index (χ3v) is 6.03. The zero-order chi connectivity index (χ0) is 19.1. The van der Waals surface area contributed by atoms with Crippen LogP contribution in [0.4, 0.5) is 0 Å². The molecule has 0 saturated carbocycles. The molecule has 1 saturated heterocycles. The van der Waals surface area contributed by atoms with E-state index in [1.54, 1.807) is 12.1 Å². The molecule has 0 aliphatic carbocycles. The van der Waals surface area contributed by atoms with Crippen LogP contribution < -0.4 is 5.32 Å². The number of carbonyl (C=O) groups excluding carboxylic acids is 1. The zero-order valence-electron chi connectivity index (χ0n) is 15.9. The van der Waals surface area contributed by atoms with Crippen molar-refractivity contribution in [2.24, 2.45) is 0 Å². The average Bonchev–Trinajstić information content (AvgIpc) is 3.32. The fraction of sp³-hybridized carbons (Fsp3) is 0.476. The fourth-order valence-electron chi connectivity index (χ4n) is 3.26. The van der Waals surface area contributed by atoms with Gasteiger partial charge in [0.1, 0.15) is 5.76 Å². The maximum Gasteiger partial charge on any atom is 0.286 e. The van der Waals surface area contributed by atoms with Gasteiger partial charge in [0.05, 0.1) is 5.75 Å². The van der Waals surface area contributed by atoms with Gasteiger partial charge >= 0.3 is 0 Å². The van der Waals surface area contributed by atoms with Crippen molar-refractivity contribution in [1.82, 2.24) is 10.2 Å². The highest BCUT2D eigenvalue weighted by molar-refractivity contribution is 7.83. The number of hydrogen-bond acceptors (Lipinski definition) is 4. The maximum atomic E-state index is 12.3. The first-order chi connectivity index (χ1) is 13.1. The van der Waals surface area contributed by atoms with Crippen molar-refractivity contribution in [2.45, 2.75) is 37.7 Å². The summed E-state index contributed by atoms with van der Waals surface area (Å²) < 4.78 is 17.9. The lowest BCUT2D eigenvalue weighted by atomic mass is 10.2. The summed E-state index contributed by atoms with van der Waals surface area (Å²) in [6.45, 7) is 6.05. The molecule has 27 heavy (non-hydrogen) atoms. The van der Waals surface area contributed by atoms with Crippen LogP contribution in [0.1, 0.15) is 46.7 Å². The van der Waals surface area contributed by atoms with Gasteiger partial charge in [0, 0.05) is 23.1 Å². The first-order valence-electron chi connectivity index (χ1n) is 9.60. The first kappa shape index (κ1) is 19.8. The molecule has 0 unspecified atom stereocenters. The van der Waals surface area contributed by atoms with E-state index in [2.05, 4.69) is 10.2 Å². The quantitative estimate of drug-likeness (QED) is 0.670. The summed E-state index contributed by atoms with van der Waals surface area (Å²) in [4.78, 5) is 14.6. The van der Waals surface area contributed by atoms with E-state index in [9.17, 15) is 9.00 Å². The van der Waals surface area contributed by atoms with E-state index >= 15 is 0 Å². The van der Waals surface area contributed by atoms with Crippen LogP contribution in [-0.4, -0.2) is 41.2 Å². The molecule has 1 fully saturated rings. The highest BCUT2D eigenvalue weighted by atomic mass is 32.2.